The molecular weight excluding hydrogens is 300 g/mol. The topological polar surface area (TPSA) is 93.5 Å². The zero-order chi connectivity index (χ0) is 16.8. The van der Waals surface area contributed by atoms with Crippen molar-refractivity contribution in [2.75, 3.05) is 6.61 Å². The van der Waals surface area contributed by atoms with Gasteiger partial charge in [-0.05, 0) is 13.3 Å². The fourth-order valence-electron chi connectivity index (χ4n) is 2.50. The molecule has 0 bridgehead atoms. The summed E-state index contributed by atoms with van der Waals surface area (Å²) in [6.07, 6.45) is 6.57. The molecule has 0 spiro atoms. The number of hydrogen-bond acceptors (Lipinski definition) is 5. The van der Waals surface area contributed by atoms with E-state index in [1.165, 1.54) is 16.8 Å². The van der Waals surface area contributed by atoms with E-state index in [0.717, 1.165) is 0 Å². The van der Waals surface area contributed by atoms with Gasteiger partial charge in [0.15, 0.2) is 6.23 Å². The molecule has 126 valence electrons. The molecule has 0 aliphatic carbocycles. The largest absolute Gasteiger partial charge is 0.388 e. The average molecular weight is 322 g/mol. The highest BCUT2D eigenvalue weighted by molar-refractivity contribution is 5.01. The Labute approximate surface area is 133 Å². The summed E-state index contributed by atoms with van der Waals surface area (Å²) < 4.78 is 12.7. The molecule has 0 aromatic carbocycles. The summed E-state index contributed by atoms with van der Waals surface area (Å²) >= 11 is 0. The molecule has 1 saturated heterocycles. The molecule has 1 aliphatic rings. The van der Waals surface area contributed by atoms with Crippen LogP contribution in [0.3, 0.4) is 0 Å². The number of allylic oxidation sites excluding steroid dienone is 3. The first-order chi connectivity index (χ1) is 11.1. The minimum atomic E-state index is -0.848. The normalized spacial score (nSPS) is 28.1. The van der Waals surface area contributed by atoms with E-state index >= 15 is 0 Å². The molecule has 1 fully saturated rings. The van der Waals surface area contributed by atoms with E-state index in [2.05, 4.69) is 4.98 Å². The van der Waals surface area contributed by atoms with Gasteiger partial charge < -0.3 is 14.6 Å². The molecule has 7 heteroatoms. The number of nitrogens with zero attached hydrogens (tertiary/aromatic N) is 1. The van der Waals surface area contributed by atoms with E-state index in [9.17, 15) is 14.7 Å². The van der Waals surface area contributed by atoms with Gasteiger partial charge >= 0.3 is 5.69 Å². The highest BCUT2D eigenvalue weighted by atomic mass is 16.6. The quantitative estimate of drug-likeness (QED) is 0.753. The second-order valence-corrected chi connectivity index (χ2v) is 5.23. The maximum atomic E-state index is 12.0. The summed E-state index contributed by atoms with van der Waals surface area (Å²) in [6.45, 7) is 4.07. The molecule has 0 amide bonds. The van der Waals surface area contributed by atoms with Gasteiger partial charge in [-0.25, -0.2) is 4.79 Å². The Morgan fingerprint density at radius 3 is 2.87 bits per heavy atom. The number of rotatable bonds is 6. The molecule has 4 atom stereocenters. The van der Waals surface area contributed by atoms with Crippen LogP contribution in [0.2, 0.25) is 0 Å². The predicted octanol–water partition coefficient (Wildman–Crippen LogP) is 0.722. The Balaban J connectivity index is 2.20. The third-order valence-corrected chi connectivity index (χ3v) is 3.67. The highest BCUT2D eigenvalue weighted by Gasteiger charge is 2.44. The molecule has 1 unspecified atom stereocenters. The molecule has 7 nitrogen and oxygen atoms in total. The molecule has 1 aromatic rings. The van der Waals surface area contributed by atoms with Crippen LogP contribution in [0.15, 0.2) is 46.2 Å². The molecule has 0 radical (unpaired) electrons. The van der Waals surface area contributed by atoms with Gasteiger partial charge in [0.05, 0.1) is 12.7 Å². The Kier molecular flexibility index (Phi) is 6.09. The minimum absolute atomic E-state index is 0.278. The van der Waals surface area contributed by atoms with E-state index in [1.54, 1.807) is 6.08 Å². The third-order valence-electron chi connectivity index (χ3n) is 3.67. The molecule has 1 aromatic heterocycles. The average Bonchev–Trinajstić information content (AvgIpc) is 2.83. The summed E-state index contributed by atoms with van der Waals surface area (Å²) in [5.41, 5.74) is -1.08. The minimum Gasteiger partial charge on any atom is -0.388 e. The first-order valence-electron chi connectivity index (χ1n) is 7.63. The van der Waals surface area contributed by atoms with Crippen molar-refractivity contribution in [1.29, 1.82) is 0 Å². The number of aromatic amines is 1. The summed E-state index contributed by atoms with van der Waals surface area (Å²) in [5.74, 6) is 0. The Bertz CT molecular complexity index is 676. The predicted molar refractivity (Wildman–Crippen MR) is 85.2 cm³/mol. The number of aliphatic hydroxyl groups excluding tert-OH is 1. The summed E-state index contributed by atoms with van der Waals surface area (Å²) in [4.78, 5) is 25.3. The lowest BCUT2D eigenvalue weighted by Gasteiger charge is -2.21. The lowest BCUT2D eigenvalue weighted by atomic mass is 10.1. The van der Waals surface area contributed by atoms with Gasteiger partial charge in [0.2, 0.25) is 0 Å². The number of H-pyrrole nitrogens is 1. The molecule has 23 heavy (non-hydrogen) atoms. The van der Waals surface area contributed by atoms with Crippen LogP contribution in [0.1, 0.15) is 26.5 Å². The number of aromatic nitrogens is 2. The third kappa shape index (κ3) is 4.07. The van der Waals surface area contributed by atoms with Gasteiger partial charge in [-0.1, -0.05) is 31.2 Å². The number of nitrogens with one attached hydrogen (secondary N) is 1. The zero-order valence-electron chi connectivity index (χ0n) is 13.2. The highest BCUT2D eigenvalue weighted by Crippen LogP contribution is 2.32. The van der Waals surface area contributed by atoms with Crippen LogP contribution in [0, 0.1) is 0 Å². The van der Waals surface area contributed by atoms with Crippen molar-refractivity contribution >= 4 is 0 Å². The molecule has 2 rings (SSSR count). The summed E-state index contributed by atoms with van der Waals surface area (Å²) in [6, 6.07) is 1.24. The zero-order valence-corrected chi connectivity index (χ0v) is 13.2. The Morgan fingerprint density at radius 2 is 2.22 bits per heavy atom. The van der Waals surface area contributed by atoms with E-state index < -0.39 is 35.8 Å². The smallest absolute Gasteiger partial charge is 0.330 e. The second-order valence-electron chi connectivity index (χ2n) is 5.23. The molecule has 2 N–H and O–H groups in total. The lowest BCUT2D eigenvalue weighted by molar-refractivity contribution is -0.0633. The van der Waals surface area contributed by atoms with Crippen LogP contribution in [-0.2, 0) is 9.47 Å². The van der Waals surface area contributed by atoms with Crippen molar-refractivity contribution in [3.05, 3.63) is 57.4 Å². The van der Waals surface area contributed by atoms with Crippen molar-refractivity contribution in [3.8, 4) is 0 Å². The molecule has 1 aliphatic heterocycles. The number of aliphatic hydroxyl groups is 1. The number of hydrogen-bond donors (Lipinski definition) is 2. The monoisotopic (exact) mass is 322 g/mol. The van der Waals surface area contributed by atoms with E-state index in [1.807, 2.05) is 32.1 Å². The summed E-state index contributed by atoms with van der Waals surface area (Å²) in [5, 5.41) is 10.4. The van der Waals surface area contributed by atoms with Crippen molar-refractivity contribution < 1.29 is 14.6 Å². The van der Waals surface area contributed by atoms with Gasteiger partial charge in [0.1, 0.15) is 12.2 Å². The van der Waals surface area contributed by atoms with E-state index in [-0.39, 0.29) is 6.61 Å². The van der Waals surface area contributed by atoms with Crippen LogP contribution < -0.4 is 11.2 Å². The van der Waals surface area contributed by atoms with Crippen LogP contribution >= 0.6 is 0 Å². The van der Waals surface area contributed by atoms with Crippen LogP contribution in [-0.4, -0.2) is 39.6 Å². The van der Waals surface area contributed by atoms with Gasteiger partial charge in [-0.15, -0.1) is 0 Å². The number of ether oxygens (including phenoxy) is 2. The lowest BCUT2D eigenvalue weighted by Crippen LogP contribution is -2.39. The van der Waals surface area contributed by atoms with Gasteiger partial charge in [-0.3, -0.25) is 14.3 Å². The Morgan fingerprint density at radius 1 is 1.43 bits per heavy atom. The second kappa shape index (κ2) is 8.05. The molecule has 2 heterocycles. The SMILES string of the molecule is C/C=C/C=C/CO[C@H]1C(O)[C@@H](CC)O[C@H]1n1ccc(=O)[nH]c1=O. The molecule has 0 saturated carbocycles. The molecular formula is C16H22N2O5. The van der Waals surface area contributed by atoms with E-state index in [4.69, 9.17) is 9.47 Å². The van der Waals surface area contributed by atoms with Crippen molar-refractivity contribution in [2.24, 2.45) is 0 Å². The summed E-state index contributed by atoms with van der Waals surface area (Å²) in [7, 11) is 0. The van der Waals surface area contributed by atoms with Gasteiger partial charge in [0, 0.05) is 12.3 Å². The van der Waals surface area contributed by atoms with Crippen molar-refractivity contribution in [3.63, 3.8) is 0 Å². The fraction of sp³-hybridized carbons (Fsp3) is 0.500. The van der Waals surface area contributed by atoms with Crippen molar-refractivity contribution in [2.45, 2.75) is 44.8 Å². The maximum Gasteiger partial charge on any atom is 0.330 e. The first kappa shape index (κ1) is 17.4. The first-order valence-corrected chi connectivity index (χ1v) is 7.63. The van der Waals surface area contributed by atoms with Crippen molar-refractivity contribution in [1.82, 2.24) is 9.55 Å². The van der Waals surface area contributed by atoms with Crippen LogP contribution in [0.25, 0.3) is 0 Å². The van der Waals surface area contributed by atoms with E-state index in [0.29, 0.717) is 6.42 Å². The van der Waals surface area contributed by atoms with Crippen LogP contribution in [0.4, 0.5) is 0 Å². The van der Waals surface area contributed by atoms with Gasteiger partial charge in [-0.2, -0.15) is 0 Å². The fourth-order valence-corrected chi connectivity index (χ4v) is 2.50. The Hall–Kier alpha value is -1.96. The maximum absolute atomic E-state index is 12.0. The van der Waals surface area contributed by atoms with Gasteiger partial charge in [0.25, 0.3) is 5.56 Å². The standard InChI is InChI=1S/C16H22N2O5/c1-3-5-6-7-10-22-14-13(20)11(4-2)23-15(14)18-9-8-12(19)17-16(18)21/h3,5-9,11,13-15,20H,4,10H2,1-2H3,(H,17,19,21)/b5-3+,7-6+/t11-,13?,14+,15-/m1/s1. The van der Waals surface area contributed by atoms with Crippen LogP contribution in [0.5, 0.6) is 0 Å².